The van der Waals surface area contributed by atoms with Gasteiger partial charge >= 0.3 is 12.6 Å². The Labute approximate surface area is 121 Å². The quantitative estimate of drug-likeness (QED) is 0.886. The van der Waals surface area contributed by atoms with Gasteiger partial charge in [-0.2, -0.15) is 8.78 Å². The standard InChI is InChI=1S/C12H8F2N2O4S/c13-12(14)20-7-3-1-6(2-4-7)15-9(17)10-16-8(5-21-10)11(18)19/h1-5,12H,(H,15,17)(H,18,19). The van der Waals surface area contributed by atoms with E-state index in [0.717, 1.165) is 11.3 Å². The van der Waals surface area contributed by atoms with E-state index >= 15 is 0 Å². The zero-order valence-electron chi connectivity index (χ0n) is 10.2. The molecule has 2 N–H and O–H groups in total. The summed E-state index contributed by atoms with van der Waals surface area (Å²) >= 11 is 0.889. The third-order valence-corrected chi connectivity index (χ3v) is 3.10. The molecular formula is C12H8F2N2O4S. The SMILES string of the molecule is O=C(O)c1csc(C(=O)Nc2ccc(OC(F)F)cc2)n1. The number of alkyl halides is 2. The van der Waals surface area contributed by atoms with E-state index in [9.17, 15) is 18.4 Å². The Morgan fingerprint density at radius 1 is 1.29 bits per heavy atom. The monoisotopic (exact) mass is 314 g/mol. The van der Waals surface area contributed by atoms with Gasteiger partial charge < -0.3 is 15.2 Å². The second kappa shape index (κ2) is 6.27. The molecule has 0 aliphatic rings. The Bertz CT molecular complexity index is 658. The van der Waals surface area contributed by atoms with Gasteiger partial charge in [0.1, 0.15) is 5.75 Å². The summed E-state index contributed by atoms with van der Waals surface area (Å²) in [7, 11) is 0. The van der Waals surface area contributed by atoms with E-state index in [1.165, 1.54) is 29.6 Å². The minimum absolute atomic E-state index is 0.0136. The molecule has 0 aliphatic carbocycles. The number of hydrogen-bond donors (Lipinski definition) is 2. The summed E-state index contributed by atoms with van der Waals surface area (Å²) in [6, 6.07) is 5.29. The van der Waals surface area contributed by atoms with Crippen molar-refractivity contribution in [1.29, 1.82) is 0 Å². The van der Waals surface area contributed by atoms with Crippen LogP contribution in [0.4, 0.5) is 14.5 Å². The van der Waals surface area contributed by atoms with Gasteiger partial charge in [-0.25, -0.2) is 9.78 Å². The number of carbonyl (C=O) groups is 2. The Kier molecular flexibility index (Phi) is 4.43. The Morgan fingerprint density at radius 2 is 1.95 bits per heavy atom. The van der Waals surface area contributed by atoms with Crippen molar-refractivity contribution in [1.82, 2.24) is 4.98 Å². The van der Waals surface area contributed by atoms with Gasteiger partial charge in [0.25, 0.3) is 5.91 Å². The van der Waals surface area contributed by atoms with Gasteiger partial charge in [-0.1, -0.05) is 0 Å². The molecule has 21 heavy (non-hydrogen) atoms. The molecule has 0 saturated heterocycles. The van der Waals surface area contributed by atoms with Crippen molar-refractivity contribution < 1.29 is 28.2 Å². The van der Waals surface area contributed by atoms with Crippen LogP contribution in [0.3, 0.4) is 0 Å². The highest BCUT2D eigenvalue weighted by atomic mass is 32.1. The van der Waals surface area contributed by atoms with Crippen LogP contribution in [0.2, 0.25) is 0 Å². The predicted molar refractivity (Wildman–Crippen MR) is 70.1 cm³/mol. The van der Waals surface area contributed by atoms with Gasteiger partial charge in [-0.15, -0.1) is 11.3 Å². The molecule has 0 saturated carbocycles. The van der Waals surface area contributed by atoms with Crippen LogP contribution in [-0.2, 0) is 0 Å². The molecule has 1 heterocycles. The second-order valence-corrected chi connectivity index (χ2v) is 4.56. The number of thiazole rings is 1. The van der Waals surface area contributed by atoms with Crippen LogP contribution in [0.15, 0.2) is 29.6 Å². The molecule has 0 aliphatic heterocycles. The normalized spacial score (nSPS) is 10.4. The number of carboxylic acids is 1. The molecular weight excluding hydrogens is 306 g/mol. The van der Waals surface area contributed by atoms with Crippen molar-refractivity contribution in [3.63, 3.8) is 0 Å². The maximum atomic E-state index is 12.0. The number of rotatable bonds is 5. The molecule has 0 fully saturated rings. The van der Waals surface area contributed by atoms with Crippen LogP contribution in [-0.4, -0.2) is 28.6 Å². The Balaban J connectivity index is 2.03. The van der Waals surface area contributed by atoms with Crippen molar-refractivity contribution in [2.45, 2.75) is 6.61 Å². The van der Waals surface area contributed by atoms with E-state index in [2.05, 4.69) is 15.0 Å². The van der Waals surface area contributed by atoms with E-state index in [0.29, 0.717) is 5.69 Å². The van der Waals surface area contributed by atoms with Crippen LogP contribution >= 0.6 is 11.3 Å². The van der Waals surface area contributed by atoms with Gasteiger partial charge in [-0.05, 0) is 24.3 Å². The molecule has 9 heteroatoms. The lowest BCUT2D eigenvalue weighted by molar-refractivity contribution is -0.0498. The number of nitrogens with zero attached hydrogens (tertiary/aromatic N) is 1. The average molecular weight is 314 g/mol. The molecule has 1 aromatic heterocycles. The van der Waals surface area contributed by atoms with Gasteiger partial charge in [-0.3, -0.25) is 4.79 Å². The lowest BCUT2D eigenvalue weighted by Crippen LogP contribution is -2.12. The Morgan fingerprint density at radius 3 is 2.48 bits per heavy atom. The first-order valence-corrected chi connectivity index (χ1v) is 6.38. The third kappa shape index (κ3) is 3.96. The van der Waals surface area contributed by atoms with E-state index in [1.807, 2.05) is 0 Å². The Hall–Kier alpha value is -2.55. The number of aromatic nitrogens is 1. The molecule has 0 spiro atoms. The largest absolute Gasteiger partial charge is 0.476 e. The van der Waals surface area contributed by atoms with Crippen molar-refractivity contribution in [2.24, 2.45) is 0 Å². The summed E-state index contributed by atoms with van der Waals surface area (Å²) in [6.07, 6.45) is 0. The molecule has 6 nitrogen and oxygen atoms in total. The minimum atomic E-state index is -2.92. The van der Waals surface area contributed by atoms with Crippen LogP contribution in [0.5, 0.6) is 5.75 Å². The summed E-state index contributed by atoms with van der Waals surface area (Å²) < 4.78 is 28.1. The van der Waals surface area contributed by atoms with Crippen molar-refractivity contribution in [3.05, 3.63) is 40.3 Å². The first-order valence-electron chi connectivity index (χ1n) is 5.51. The van der Waals surface area contributed by atoms with Gasteiger partial charge in [0.05, 0.1) is 0 Å². The van der Waals surface area contributed by atoms with Crippen LogP contribution in [0, 0.1) is 0 Å². The number of ether oxygens (including phenoxy) is 1. The fourth-order valence-corrected chi connectivity index (χ4v) is 2.07. The van der Waals surface area contributed by atoms with E-state index in [1.54, 1.807) is 0 Å². The summed E-state index contributed by atoms with van der Waals surface area (Å²) in [4.78, 5) is 26.1. The molecule has 1 aromatic carbocycles. The topological polar surface area (TPSA) is 88.5 Å². The molecule has 0 bridgehead atoms. The third-order valence-electron chi connectivity index (χ3n) is 2.25. The second-order valence-electron chi connectivity index (χ2n) is 3.70. The molecule has 0 unspecified atom stereocenters. The number of aromatic carboxylic acids is 1. The number of carbonyl (C=O) groups excluding carboxylic acids is 1. The smallest absolute Gasteiger partial charge is 0.387 e. The fraction of sp³-hybridized carbons (Fsp3) is 0.0833. The summed E-state index contributed by atoms with van der Waals surface area (Å²) in [5, 5.41) is 12.4. The number of benzene rings is 1. The van der Waals surface area contributed by atoms with E-state index in [-0.39, 0.29) is 16.5 Å². The number of amides is 1. The maximum Gasteiger partial charge on any atom is 0.387 e. The molecule has 110 valence electrons. The number of nitrogens with one attached hydrogen (secondary N) is 1. The van der Waals surface area contributed by atoms with Gasteiger partial charge in [0, 0.05) is 11.1 Å². The summed E-state index contributed by atoms with van der Waals surface area (Å²) in [5.41, 5.74) is 0.125. The lowest BCUT2D eigenvalue weighted by Gasteiger charge is -2.06. The van der Waals surface area contributed by atoms with Crippen LogP contribution in [0.1, 0.15) is 20.3 Å². The van der Waals surface area contributed by atoms with Gasteiger partial charge in [0.2, 0.25) is 0 Å². The average Bonchev–Trinajstić information content (AvgIpc) is 2.90. The van der Waals surface area contributed by atoms with E-state index < -0.39 is 18.5 Å². The number of halogens is 2. The lowest BCUT2D eigenvalue weighted by atomic mass is 10.3. The van der Waals surface area contributed by atoms with Crippen LogP contribution < -0.4 is 10.1 Å². The molecule has 0 radical (unpaired) electrons. The summed E-state index contributed by atoms with van der Waals surface area (Å²) in [6.45, 7) is -2.92. The van der Waals surface area contributed by atoms with Crippen molar-refractivity contribution in [3.8, 4) is 5.75 Å². The highest BCUT2D eigenvalue weighted by Gasteiger charge is 2.15. The zero-order valence-corrected chi connectivity index (χ0v) is 11.1. The fourth-order valence-electron chi connectivity index (χ4n) is 1.38. The molecule has 0 atom stereocenters. The summed E-state index contributed by atoms with van der Waals surface area (Å²) in [5.74, 6) is -1.85. The molecule has 1 amide bonds. The molecule has 2 rings (SSSR count). The first kappa shape index (κ1) is 14.9. The number of hydrogen-bond acceptors (Lipinski definition) is 5. The van der Waals surface area contributed by atoms with Gasteiger partial charge in [0.15, 0.2) is 10.7 Å². The molecule has 2 aromatic rings. The highest BCUT2D eigenvalue weighted by molar-refractivity contribution is 7.12. The first-order chi connectivity index (χ1) is 9.95. The number of carboxylic acid groups (broad SMARTS) is 1. The number of anilines is 1. The zero-order chi connectivity index (χ0) is 15.4. The predicted octanol–water partition coefficient (Wildman–Crippen LogP) is 2.70. The maximum absolute atomic E-state index is 12.0. The van der Waals surface area contributed by atoms with Crippen LogP contribution in [0.25, 0.3) is 0 Å². The minimum Gasteiger partial charge on any atom is -0.476 e. The van der Waals surface area contributed by atoms with Crippen molar-refractivity contribution >= 4 is 28.9 Å². The van der Waals surface area contributed by atoms with Crippen molar-refractivity contribution in [2.75, 3.05) is 5.32 Å². The van der Waals surface area contributed by atoms with E-state index in [4.69, 9.17) is 5.11 Å². The highest BCUT2D eigenvalue weighted by Crippen LogP contribution is 2.19.